The molecule has 1 N–H and O–H groups in total. The highest BCUT2D eigenvalue weighted by Crippen LogP contribution is 2.09. The normalized spacial score (nSPS) is 11.2. The van der Waals surface area contributed by atoms with E-state index in [-0.39, 0.29) is 4.90 Å². The molecule has 1 aromatic rings. The molecule has 4 nitrogen and oxygen atoms in total. The Morgan fingerprint density at radius 3 is 2.53 bits per heavy atom. The van der Waals surface area contributed by atoms with Crippen LogP contribution >= 0.6 is 0 Å². The van der Waals surface area contributed by atoms with Crippen LogP contribution in [0.25, 0.3) is 0 Å². The lowest BCUT2D eigenvalue weighted by Crippen LogP contribution is -2.18. The van der Waals surface area contributed by atoms with Crippen LogP contribution in [0.15, 0.2) is 34.3 Å². The molecule has 0 radical (unpaired) electrons. The summed E-state index contributed by atoms with van der Waals surface area (Å²) < 4.78 is 23.0. The second-order valence-corrected chi connectivity index (χ2v) is 4.49. The van der Waals surface area contributed by atoms with Gasteiger partial charge in [-0.15, -0.1) is 6.42 Å². The summed E-state index contributed by atoms with van der Waals surface area (Å²) >= 11 is 0. The Morgan fingerprint density at radius 2 is 2.00 bits per heavy atom. The van der Waals surface area contributed by atoms with Crippen LogP contribution in [0.3, 0.4) is 0 Å². The van der Waals surface area contributed by atoms with E-state index in [2.05, 4.69) is 11.0 Å². The van der Waals surface area contributed by atoms with Gasteiger partial charge in [0.2, 0.25) is 0 Å². The van der Waals surface area contributed by atoms with Crippen molar-refractivity contribution in [3.05, 3.63) is 29.8 Å². The number of hydrogen-bond donors (Lipinski definition) is 1. The fourth-order valence-corrected chi connectivity index (χ4v) is 1.69. The topological polar surface area (TPSA) is 58.5 Å². The zero-order chi connectivity index (χ0) is 11.3. The fourth-order valence-electron chi connectivity index (χ4n) is 0.903. The molecule has 0 unspecified atom stereocenters. The number of rotatable bonds is 3. The smallest absolute Gasteiger partial charge is 0.200 e. The summed E-state index contributed by atoms with van der Waals surface area (Å²) in [5.74, 6) is 2.08. The first-order chi connectivity index (χ1) is 7.06. The van der Waals surface area contributed by atoms with Crippen molar-refractivity contribution in [2.45, 2.75) is 11.8 Å². The lowest BCUT2D eigenvalue weighted by Gasteiger charge is -2.02. The van der Waals surface area contributed by atoms with Crippen LogP contribution in [0.4, 0.5) is 0 Å². The van der Waals surface area contributed by atoms with Crippen molar-refractivity contribution in [2.75, 3.05) is 0 Å². The summed E-state index contributed by atoms with van der Waals surface area (Å²) in [6.07, 6.45) is 5.92. The number of terminal acetylenes is 1. The molecule has 0 aliphatic heterocycles. The summed E-state index contributed by atoms with van der Waals surface area (Å²) in [7, 11) is -3.59. The second kappa shape index (κ2) is 4.62. The van der Waals surface area contributed by atoms with Crippen LogP contribution in [-0.2, 0) is 10.0 Å². The van der Waals surface area contributed by atoms with E-state index >= 15 is 0 Å². The predicted molar refractivity (Wildman–Crippen MR) is 58.8 cm³/mol. The molecule has 5 heteroatoms. The van der Waals surface area contributed by atoms with Gasteiger partial charge in [-0.2, -0.15) is 18.4 Å². The quantitative estimate of drug-likeness (QED) is 0.358. The van der Waals surface area contributed by atoms with Gasteiger partial charge < -0.3 is 0 Å². The number of benzene rings is 1. The van der Waals surface area contributed by atoms with Gasteiger partial charge in [0, 0.05) is 0 Å². The zero-order valence-electron chi connectivity index (χ0n) is 8.14. The molecule has 0 aromatic heterocycles. The molecule has 0 aliphatic carbocycles. The summed E-state index contributed by atoms with van der Waals surface area (Å²) in [5, 5.41) is 3.36. The first-order valence-electron chi connectivity index (χ1n) is 4.12. The molecule has 0 saturated carbocycles. The fraction of sp³-hybridized carbons (Fsp3) is 0.100. The van der Waals surface area contributed by atoms with Crippen molar-refractivity contribution in [3.63, 3.8) is 0 Å². The third kappa shape index (κ3) is 3.11. The Morgan fingerprint density at radius 1 is 1.40 bits per heavy atom. The van der Waals surface area contributed by atoms with Crippen molar-refractivity contribution in [1.29, 1.82) is 0 Å². The van der Waals surface area contributed by atoms with Crippen molar-refractivity contribution < 1.29 is 8.42 Å². The van der Waals surface area contributed by atoms with E-state index in [0.29, 0.717) is 0 Å². The average molecular weight is 223 g/mol. The number of aryl methyl sites for hydroxylation is 1. The lowest BCUT2D eigenvalue weighted by atomic mass is 10.2. The molecule has 0 spiro atoms. The maximum atomic E-state index is 11.5. The third-order valence-electron chi connectivity index (χ3n) is 1.64. The van der Waals surface area contributed by atoms with Crippen molar-refractivity contribution in [3.8, 4) is 12.3 Å². The van der Waals surface area contributed by atoms with E-state index in [1.807, 2.05) is 11.8 Å². The molecular weight excluding hydrogens is 213 g/mol. The molecule has 0 fully saturated rings. The maximum absolute atomic E-state index is 11.5. The van der Waals surface area contributed by atoms with Crippen molar-refractivity contribution in [1.82, 2.24) is 4.83 Å². The van der Waals surface area contributed by atoms with Crippen molar-refractivity contribution in [2.24, 2.45) is 5.10 Å². The summed E-state index contributed by atoms with van der Waals surface area (Å²) in [4.78, 5) is 2.15. The second-order valence-electron chi connectivity index (χ2n) is 2.83. The van der Waals surface area contributed by atoms with E-state index in [9.17, 15) is 8.42 Å². The highest BCUT2D eigenvalue weighted by Gasteiger charge is 2.11. The minimum absolute atomic E-state index is 0.155. The van der Waals surface area contributed by atoms with Gasteiger partial charge >= 0.3 is 0 Å². The Balaban J connectivity index is 2.93. The standard InChI is InChI=1S/C10H10N2O2S/c1-3-8-11-12-15(13,14)10-6-4-9(2)5-7-10/h1,4-8,12H,2H3/b11-8+/i8+1. The Bertz CT molecular complexity index is 495. The number of nitrogens with one attached hydrogen (secondary N) is 1. The molecule has 0 bridgehead atoms. The Labute approximate surface area is 89.1 Å². The Hall–Kier alpha value is -1.80. The van der Waals surface area contributed by atoms with Gasteiger partial charge in [-0.25, -0.2) is 0 Å². The number of hydrogen-bond acceptors (Lipinski definition) is 3. The molecule has 0 heterocycles. The molecule has 0 aliphatic rings. The SMILES string of the molecule is C#C/[13CH]=N/NS(=O)(=O)c1ccc(C)cc1. The third-order valence-corrected chi connectivity index (χ3v) is 2.88. The predicted octanol–water partition coefficient (Wildman–Crippen LogP) is 0.892. The minimum Gasteiger partial charge on any atom is -0.200 e. The summed E-state index contributed by atoms with van der Waals surface area (Å²) in [6, 6.07) is 6.42. The van der Waals surface area contributed by atoms with Gasteiger partial charge in [0.25, 0.3) is 10.0 Å². The molecule has 78 valence electrons. The van der Waals surface area contributed by atoms with Crippen LogP contribution in [-0.4, -0.2) is 14.6 Å². The molecular formula is C10H10N2O2S. The van der Waals surface area contributed by atoms with Gasteiger partial charge in [0.05, 0.1) is 11.1 Å². The van der Waals surface area contributed by atoms with Crippen LogP contribution in [0, 0.1) is 19.3 Å². The largest absolute Gasteiger partial charge is 0.276 e. The van der Waals surface area contributed by atoms with Crippen LogP contribution in [0.1, 0.15) is 5.56 Å². The van der Waals surface area contributed by atoms with Gasteiger partial charge in [-0.05, 0) is 19.1 Å². The first-order valence-corrected chi connectivity index (χ1v) is 5.61. The molecule has 0 saturated heterocycles. The minimum atomic E-state index is -3.59. The highest BCUT2D eigenvalue weighted by atomic mass is 32.2. The van der Waals surface area contributed by atoms with Gasteiger partial charge in [-0.3, -0.25) is 0 Å². The zero-order valence-corrected chi connectivity index (χ0v) is 8.95. The average Bonchev–Trinajstić information content (AvgIpc) is 2.18. The maximum Gasteiger partial charge on any atom is 0.276 e. The lowest BCUT2D eigenvalue weighted by molar-refractivity contribution is 0.584. The Kier molecular flexibility index (Phi) is 3.47. The van der Waals surface area contributed by atoms with E-state index in [4.69, 9.17) is 6.42 Å². The number of hydrazone groups is 1. The molecule has 0 amide bonds. The molecule has 1 rings (SSSR count). The number of nitrogens with zero attached hydrogens (tertiary/aromatic N) is 1. The van der Waals surface area contributed by atoms with Crippen molar-refractivity contribution >= 4 is 16.2 Å². The van der Waals surface area contributed by atoms with Gasteiger partial charge in [0.1, 0.15) is 0 Å². The van der Waals surface area contributed by atoms with E-state index in [1.165, 1.54) is 12.1 Å². The van der Waals surface area contributed by atoms with Gasteiger partial charge in [-0.1, -0.05) is 23.6 Å². The van der Waals surface area contributed by atoms with Crippen LogP contribution < -0.4 is 4.83 Å². The van der Waals surface area contributed by atoms with E-state index < -0.39 is 10.0 Å². The monoisotopic (exact) mass is 223 g/mol. The first kappa shape index (κ1) is 11.3. The summed E-state index contributed by atoms with van der Waals surface area (Å²) in [5.41, 5.74) is 0.987. The van der Waals surface area contributed by atoms with Crippen LogP contribution in [0.2, 0.25) is 0 Å². The van der Waals surface area contributed by atoms with E-state index in [1.54, 1.807) is 12.1 Å². The highest BCUT2D eigenvalue weighted by molar-refractivity contribution is 7.89. The van der Waals surface area contributed by atoms with E-state index in [0.717, 1.165) is 11.8 Å². The molecule has 0 atom stereocenters. The molecule has 1 aromatic carbocycles. The molecule has 15 heavy (non-hydrogen) atoms. The number of sulfonamides is 1. The van der Waals surface area contributed by atoms with Crippen LogP contribution in [0.5, 0.6) is 0 Å². The summed E-state index contributed by atoms with van der Waals surface area (Å²) in [6.45, 7) is 1.88. The van der Waals surface area contributed by atoms with Gasteiger partial charge in [0.15, 0.2) is 0 Å².